The molecule has 0 spiro atoms. The zero-order valence-corrected chi connectivity index (χ0v) is 29.2. The third-order valence-electron chi connectivity index (χ3n) is 9.63. The van der Waals surface area contributed by atoms with Gasteiger partial charge in [-0.15, -0.1) is 0 Å². The summed E-state index contributed by atoms with van der Waals surface area (Å²) in [7, 11) is 0. The SMILES string of the molecule is CCCN1CCC[C@@H]2Cc3c(ccc(OCc4ccccc4)c3C[C@@H]3O[C@H](C(=O)OCC)[C@@H](OC(C)=O)[C@H](OC(C)=O)[C@H]3OC(C)=O)C[C@H]21. The number of esters is 4. The van der Waals surface area contributed by atoms with Crippen LogP contribution in [-0.2, 0) is 68.7 Å². The first kappa shape index (κ1) is 36.3. The van der Waals surface area contributed by atoms with E-state index in [1.165, 1.54) is 26.3 Å². The Morgan fingerprint density at radius 2 is 1.55 bits per heavy atom. The topological polar surface area (TPSA) is 127 Å². The summed E-state index contributed by atoms with van der Waals surface area (Å²) in [4.78, 5) is 53.2. The molecule has 0 saturated carbocycles. The predicted octanol–water partition coefficient (Wildman–Crippen LogP) is 4.52. The molecule has 11 nitrogen and oxygen atoms in total. The molecule has 49 heavy (non-hydrogen) atoms. The van der Waals surface area contributed by atoms with Gasteiger partial charge in [0.15, 0.2) is 24.4 Å². The summed E-state index contributed by atoms with van der Waals surface area (Å²) < 4.78 is 35.2. The van der Waals surface area contributed by atoms with Crippen LogP contribution in [0.2, 0.25) is 0 Å². The van der Waals surface area contributed by atoms with Crippen molar-refractivity contribution in [3.8, 4) is 5.75 Å². The predicted molar refractivity (Wildman–Crippen MR) is 179 cm³/mol. The van der Waals surface area contributed by atoms with E-state index < -0.39 is 54.4 Å². The van der Waals surface area contributed by atoms with Crippen molar-refractivity contribution >= 4 is 23.9 Å². The third kappa shape index (κ3) is 8.80. The molecule has 3 aliphatic rings. The lowest BCUT2D eigenvalue weighted by Crippen LogP contribution is -2.63. The first-order chi connectivity index (χ1) is 23.6. The van der Waals surface area contributed by atoms with Crippen LogP contribution in [0, 0.1) is 5.92 Å². The van der Waals surface area contributed by atoms with Gasteiger partial charge in [0.05, 0.1) is 6.61 Å². The van der Waals surface area contributed by atoms with Crippen LogP contribution in [0.25, 0.3) is 0 Å². The molecule has 0 N–H and O–H groups in total. The van der Waals surface area contributed by atoms with Gasteiger partial charge in [-0.25, -0.2) is 4.79 Å². The van der Waals surface area contributed by atoms with Crippen LogP contribution in [0.1, 0.15) is 76.1 Å². The number of ether oxygens (including phenoxy) is 6. The molecule has 7 atom stereocenters. The summed E-state index contributed by atoms with van der Waals surface area (Å²) in [6.07, 6.45) is -1.11. The minimum Gasteiger partial charge on any atom is -0.489 e. The lowest BCUT2D eigenvalue weighted by atomic mass is 9.73. The Bertz CT molecular complexity index is 1480. The van der Waals surface area contributed by atoms with Gasteiger partial charge in [0.2, 0.25) is 0 Å². The largest absolute Gasteiger partial charge is 0.489 e. The summed E-state index contributed by atoms with van der Waals surface area (Å²) in [6, 6.07) is 14.5. The molecule has 0 unspecified atom stereocenters. The highest BCUT2D eigenvalue weighted by molar-refractivity contribution is 5.77. The van der Waals surface area contributed by atoms with Crippen LogP contribution in [0.3, 0.4) is 0 Å². The molecule has 0 radical (unpaired) electrons. The Hall–Kier alpha value is -3.96. The van der Waals surface area contributed by atoms with E-state index in [9.17, 15) is 19.2 Å². The van der Waals surface area contributed by atoms with Crippen LogP contribution in [-0.4, -0.2) is 85.0 Å². The molecule has 0 aromatic heterocycles. The number of carbonyl (C=O) groups is 4. The number of fused-ring (bicyclic) bond motifs is 2. The molecular weight excluding hydrogens is 630 g/mol. The number of hydrogen-bond acceptors (Lipinski definition) is 11. The fourth-order valence-electron chi connectivity index (χ4n) is 7.73. The quantitative estimate of drug-likeness (QED) is 0.232. The second-order valence-electron chi connectivity index (χ2n) is 13.1. The van der Waals surface area contributed by atoms with Gasteiger partial charge in [0.25, 0.3) is 0 Å². The van der Waals surface area contributed by atoms with Crippen molar-refractivity contribution in [1.82, 2.24) is 4.90 Å². The lowest BCUT2D eigenvalue weighted by Gasteiger charge is -2.46. The lowest BCUT2D eigenvalue weighted by molar-refractivity contribution is -0.248. The van der Waals surface area contributed by atoms with Crippen LogP contribution in [0.4, 0.5) is 0 Å². The highest BCUT2D eigenvalue weighted by Crippen LogP contribution is 2.41. The van der Waals surface area contributed by atoms with E-state index in [4.69, 9.17) is 28.4 Å². The molecule has 2 saturated heterocycles. The maximum absolute atomic E-state index is 13.3. The second-order valence-corrected chi connectivity index (χ2v) is 13.1. The van der Waals surface area contributed by atoms with Crippen LogP contribution in [0.15, 0.2) is 42.5 Å². The molecule has 266 valence electrons. The molecule has 0 bridgehead atoms. The number of nitrogens with zero attached hydrogens (tertiary/aromatic N) is 1. The van der Waals surface area contributed by atoms with Gasteiger partial charge in [0, 0.05) is 38.8 Å². The first-order valence-electron chi connectivity index (χ1n) is 17.5. The van der Waals surface area contributed by atoms with E-state index in [0.29, 0.717) is 24.3 Å². The van der Waals surface area contributed by atoms with Gasteiger partial charge in [0.1, 0.15) is 18.5 Å². The van der Waals surface area contributed by atoms with E-state index in [1.807, 2.05) is 36.4 Å². The molecule has 5 rings (SSSR count). The van der Waals surface area contributed by atoms with Gasteiger partial charge in [-0.1, -0.05) is 43.3 Å². The summed E-state index contributed by atoms with van der Waals surface area (Å²) in [5, 5.41) is 0. The maximum Gasteiger partial charge on any atom is 0.339 e. The van der Waals surface area contributed by atoms with E-state index in [-0.39, 0.29) is 13.0 Å². The standard InChI is InChI=1S/C38H49NO10/c1-6-17-39-18-11-14-28-19-29-27(20-31(28)39)15-16-32(45-22-26-12-9-8-10-13-26)30(29)21-33-34(46-23(3)40)35(47-24(4)41)36(48-25(5)42)37(49-33)38(43)44-7-2/h8-10,12-13,15-16,28,31,33-37H,6-7,11,14,17-22H2,1-5H3/t28-,31-,33+,34+,35-,36+,37+/m1/s1. The fraction of sp³-hybridized carbons (Fsp3) is 0.579. The normalized spacial score (nSPS) is 26.4. The Morgan fingerprint density at radius 1 is 0.857 bits per heavy atom. The molecule has 0 amide bonds. The second kappa shape index (κ2) is 16.6. The van der Waals surface area contributed by atoms with Crippen LogP contribution in [0.5, 0.6) is 5.75 Å². The average Bonchev–Trinajstić information content (AvgIpc) is 3.06. The third-order valence-corrected chi connectivity index (χ3v) is 9.63. The summed E-state index contributed by atoms with van der Waals surface area (Å²) in [6.45, 7) is 10.0. The van der Waals surface area contributed by atoms with Crippen molar-refractivity contribution in [2.24, 2.45) is 5.92 Å². The highest BCUT2D eigenvalue weighted by atomic mass is 16.7. The minimum absolute atomic E-state index is 0.0447. The molecule has 2 aromatic rings. The number of carbonyl (C=O) groups excluding carboxylic acids is 4. The van der Waals surface area contributed by atoms with Gasteiger partial charge in [-0.2, -0.15) is 0 Å². The number of likely N-dealkylation sites (tertiary alicyclic amines) is 1. The number of piperidine rings is 1. The van der Waals surface area contributed by atoms with Crippen molar-refractivity contribution in [1.29, 1.82) is 0 Å². The average molecular weight is 680 g/mol. The first-order valence-corrected chi connectivity index (χ1v) is 17.5. The van der Waals surface area contributed by atoms with Gasteiger partial charge in [-0.05, 0) is 80.8 Å². The van der Waals surface area contributed by atoms with Gasteiger partial charge >= 0.3 is 23.9 Å². The van der Waals surface area contributed by atoms with Crippen LogP contribution < -0.4 is 4.74 Å². The molecule has 2 fully saturated rings. The van der Waals surface area contributed by atoms with E-state index in [2.05, 4.69) is 17.9 Å². The van der Waals surface area contributed by atoms with E-state index >= 15 is 0 Å². The smallest absolute Gasteiger partial charge is 0.339 e. The van der Waals surface area contributed by atoms with Gasteiger partial charge in [-0.3, -0.25) is 19.3 Å². The highest BCUT2D eigenvalue weighted by Gasteiger charge is 2.55. The van der Waals surface area contributed by atoms with Crippen molar-refractivity contribution in [2.75, 3.05) is 19.7 Å². The summed E-state index contributed by atoms with van der Waals surface area (Å²) >= 11 is 0. The van der Waals surface area contributed by atoms with Crippen molar-refractivity contribution in [2.45, 2.75) is 116 Å². The molecule has 2 aromatic carbocycles. The van der Waals surface area contributed by atoms with Crippen LogP contribution >= 0.6 is 0 Å². The monoisotopic (exact) mass is 679 g/mol. The fourth-order valence-corrected chi connectivity index (χ4v) is 7.73. The van der Waals surface area contributed by atoms with Gasteiger partial charge < -0.3 is 28.4 Å². The summed E-state index contributed by atoms with van der Waals surface area (Å²) in [5.74, 6) is -1.75. The molecule has 2 aliphatic heterocycles. The molecular formula is C38H49NO10. The zero-order chi connectivity index (χ0) is 35.1. The number of benzene rings is 2. The maximum atomic E-state index is 13.3. The zero-order valence-electron chi connectivity index (χ0n) is 29.2. The minimum atomic E-state index is -1.44. The molecule has 1 aliphatic carbocycles. The van der Waals surface area contributed by atoms with Crippen molar-refractivity contribution < 1.29 is 47.6 Å². The number of rotatable bonds is 12. The Morgan fingerprint density at radius 3 is 2.22 bits per heavy atom. The summed E-state index contributed by atoms with van der Waals surface area (Å²) in [5.41, 5.74) is 4.27. The Kier molecular flexibility index (Phi) is 12.3. The molecule has 2 heterocycles. The molecule has 11 heteroatoms. The Labute approximate surface area is 288 Å². The Balaban J connectivity index is 1.58. The van der Waals surface area contributed by atoms with E-state index in [1.54, 1.807) is 6.92 Å². The van der Waals surface area contributed by atoms with Crippen molar-refractivity contribution in [3.63, 3.8) is 0 Å². The van der Waals surface area contributed by atoms with E-state index in [0.717, 1.165) is 61.9 Å². The number of hydrogen-bond donors (Lipinski definition) is 0. The van der Waals surface area contributed by atoms with Crippen molar-refractivity contribution in [3.05, 3.63) is 64.7 Å².